The van der Waals surface area contributed by atoms with Gasteiger partial charge in [0.25, 0.3) is 0 Å². The molecule has 0 aromatic heterocycles. The lowest BCUT2D eigenvalue weighted by Gasteiger charge is -2.19. The predicted molar refractivity (Wildman–Crippen MR) is 123 cm³/mol. The number of rotatable bonds is 8. The zero-order valence-electron chi connectivity index (χ0n) is 17.3. The molecular weight excluding hydrogens is 360 g/mol. The fourth-order valence-electron chi connectivity index (χ4n) is 3.27. The van der Waals surface area contributed by atoms with Crippen LogP contribution in [0.25, 0.3) is 10.8 Å². The van der Waals surface area contributed by atoms with Crippen molar-refractivity contribution >= 4 is 27.9 Å². The number of benzene rings is 3. The zero-order chi connectivity index (χ0) is 21.0. The predicted octanol–water partition coefficient (Wildman–Crippen LogP) is 4.72. The highest BCUT2D eigenvalue weighted by molar-refractivity contribution is 6.17. The number of methoxy groups -OCH3 is 1. The molecule has 3 rings (SSSR count). The third-order valence-electron chi connectivity index (χ3n) is 4.85. The molecule has 0 bridgehead atoms. The molecule has 0 unspecified atom stereocenters. The highest BCUT2D eigenvalue weighted by atomic mass is 16.5. The minimum atomic E-state index is 0.327. The van der Waals surface area contributed by atoms with Gasteiger partial charge in [0.15, 0.2) is 5.75 Å². The normalized spacial score (nSPS) is 10.9. The van der Waals surface area contributed by atoms with Gasteiger partial charge in [0.2, 0.25) is 0 Å². The summed E-state index contributed by atoms with van der Waals surface area (Å²) < 4.78 is 5.68. The molecule has 0 fully saturated rings. The van der Waals surface area contributed by atoms with Crippen molar-refractivity contribution in [2.75, 3.05) is 38.8 Å². The largest absolute Gasteiger partial charge is 0.494 e. The average Bonchev–Trinajstić information content (AvgIpc) is 2.72. The van der Waals surface area contributed by atoms with Crippen LogP contribution in [0.4, 0.5) is 11.4 Å². The molecule has 4 N–H and O–H groups in total. The van der Waals surface area contributed by atoms with Gasteiger partial charge in [-0.15, -0.1) is 0 Å². The summed E-state index contributed by atoms with van der Waals surface area (Å²) in [6, 6.07) is 17.7. The van der Waals surface area contributed by atoms with Gasteiger partial charge in [-0.1, -0.05) is 43.0 Å². The van der Waals surface area contributed by atoms with Gasteiger partial charge >= 0.3 is 0 Å². The molecule has 3 aromatic rings. The first-order valence-electron chi connectivity index (χ1n) is 9.54. The number of nitrogen functional groups attached to an aromatic ring is 1. The van der Waals surface area contributed by atoms with Crippen LogP contribution < -0.4 is 15.8 Å². The van der Waals surface area contributed by atoms with Crippen molar-refractivity contribution in [3.05, 3.63) is 78.0 Å². The Labute approximate surface area is 172 Å². The van der Waals surface area contributed by atoms with Crippen LogP contribution in [0.15, 0.2) is 66.9 Å². The third kappa shape index (κ3) is 4.58. The lowest BCUT2D eigenvalue weighted by molar-refractivity contribution is 0.411. The van der Waals surface area contributed by atoms with Crippen LogP contribution in [0.3, 0.4) is 0 Å². The monoisotopic (exact) mass is 388 g/mol. The Morgan fingerprint density at radius 3 is 2.52 bits per heavy atom. The molecule has 29 heavy (non-hydrogen) atoms. The van der Waals surface area contributed by atoms with Crippen molar-refractivity contribution in [2.45, 2.75) is 6.42 Å². The Kier molecular flexibility index (Phi) is 6.20. The van der Waals surface area contributed by atoms with Crippen LogP contribution in [0.2, 0.25) is 0 Å². The van der Waals surface area contributed by atoms with Crippen molar-refractivity contribution in [1.29, 1.82) is 5.41 Å². The maximum Gasteiger partial charge on any atom is 0.153 e. The standard InChI is InChI=1S/C24H28N4O/c1-16(13-14-28(2)3)27-21-12-11-20(25)22(24(21)29-4)23(26)19-10-9-17-7-5-6-8-18(17)15-19/h5-12,15,26-27H,1,13-14,25H2,2-4H3. The van der Waals surface area contributed by atoms with Gasteiger partial charge in [0.1, 0.15) is 0 Å². The average molecular weight is 389 g/mol. The van der Waals surface area contributed by atoms with Crippen molar-refractivity contribution in [2.24, 2.45) is 0 Å². The van der Waals surface area contributed by atoms with Crippen LogP contribution in [-0.4, -0.2) is 38.4 Å². The van der Waals surface area contributed by atoms with Gasteiger partial charge in [-0.25, -0.2) is 0 Å². The highest BCUT2D eigenvalue weighted by Gasteiger charge is 2.19. The van der Waals surface area contributed by atoms with E-state index in [-0.39, 0.29) is 0 Å². The van der Waals surface area contributed by atoms with E-state index in [0.29, 0.717) is 22.7 Å². The van der Waals surface area contributed by atoms with Gasteiger partial charge < -0.3 is 20.7 Å². The van der Waals surface area contributed by atoms with E-state index in [0.717, 1.165) is 40.7 Å². The van der Waals surface area contributed by atoms with Gasteiger partial charge in [0.05, 0.1) is 24.1 Å². The molecule has 0 aliphatic carbocycles. The number of fused-ring (bicyclic) bond motifs is 1. The molecule has 0 atom stereocenters. The number of hydrogen-bond acceptors (Lipinski definition) is 5. The first kappa shape index (κ1) is 20.4. The van der Waals surface area contributed by atoms with Crippen molar-refractivity contribution in [3.63, 3.8) is 0 Å². The molecule has 0 saturated carbocycles. The summed E-state index contributed by atoms with van der Waals surface area (Å²) in [6.45, 7) is 5.00. The maximum atomic E-state index is 8.83. The molecule has 0 saturated heterocycles. The number of ether oxygens (including phenoxy) is 1. The van der Waals surface area contributed by atoms with Crippen LogP contribution in [0.5, 0.6) is 5.75 Å². The van der Waals surface area contributed by atoms with Crippen LogP contribution >= 0.6 is 0 Å². The summed E-state index contributed by atoms with van der Waals surface area (Å²) in [4.78, 5) is 2.11. The topological polar surface area (TPSA) is 74.4 Å². The molecule has 0 aliphatic heterocycles. The summed E-state index contributed by atoms with van der Waals surface area (Å²) in [6.07, 6.45) is 0.804. The number of anilines is 2. The summed E-state index contributed by atoms with van der Waals surface area (Å²) in [7, 11) is 5.65. The van der Waals surface area contributed by atoms with Gasteiger partial charge in [0, 0.05) is 23.5 Å². The number of hydrogen-bond donors (Lipinski definition) is 3. The summed E-state index contributed by atoms with van der Waals surface area (Å²) in [5, 5.41) is 14.4. The Bertz CT molecular complexity index is 1060. The molecule has 5 heteroatoms. The SMILES string of the molecule is C=C(CCN(C)C)Nc1ccc(N)c(C(=N)c2ccc3ccccc3c2)c1OC. The van der Waals surface area contributed by atoms with Crippen LogP contribution in [0, 0.1) is 5.41 Å². The van der Waals surface area contributed by atoms with E-state index < -0.39 is 0 Å². The fraction of sp³-hybridized carbons (Fsp3) is 0.208. The van der Waals surface area contributed by atoms with Gasteiger partial charge in [-0.3, -0.25) is 5.41 Å². The maximum absolute atomic E-state index is 8.83. The molecule has 5 nitrogen and oxygen atoms in total. The molecule has 0 radical (unpaired) electrons. The van der Waals surface area contributed by atoms with E-state index >= 15 is 0 Å². The molecule has 0 heterocycles. The number of nitrogens with two attached hydrogens (primary N) is 1. The molecule has 150 valence electrons. The summed E-state index contributed by atoms with van der Waals surface area (Å²) >= 11 is 0. The Balaban J connectivity index is 1.96. The highest BCUT2D eigenvalue weighted by Crippen LogP contribution is 2.36. The lowest BCUT2D eigenvalue weighted by atomic mass is 9.96. The lowest BCUT2D eigenvalue weighted by Crippen LogP contribution is -2.15. The van der Waals surface area contributed by atoms with Crippen molar-refractivity contribution in [1.82, 2.24) is 4.90 Å². The Hall–Kier alpha value is -3.31. The minimum Gasteiger partial charge on any atom is -0.494 e. The minimum absolute atomic E-state index is 0.327. The van der Waals surface area contributed by atoms with Crippen molar-refractivity contribution < 1.29 is 4.74 Å². The number of nitrogens with zero attached hydrogens (tertiary/aromatic N) is 1. The second-order valence-electron chi connectivity index (χ2n) is 7.33. The summed E-state index contributed by atoms with van der Waals surface area (Å²) in [5.41, 5.74) is 10.1. The van der Waals surface area contributed by atoms with Gasteiger partial charge in [-0.05, 0) is 49.5 Å². The van der Waals surface area contributed by atoms with Crippen molar-refractivity contribution in [3.8, 4) is 5.75 Å². The van der Waals surface area contributed by atoms with E-state index in [4.69, 9.17) is 15.9 Å². The van der Waals surface area contributed by atoms with E-state index in [2.05, 4.69) is 22.9 Å². The quantitative estimate of drug-likeness (QED) is 0.385. The molecular formula is C24H28N4O. The second kappa shape index (κ2) is 8.80. The van der Waals surface area contributed by atoms with Gasteiger partial charge in [-0.2, -0.15) is 0 Å². The smallest absolute Gasteiger partial charge is 0.153 e. The Morgan fingerprint density at radius 2 is 1.83 bits per heavy atom. The second-order valence-corrected chi connectivity index (χ2v) is 7.33. The first-order chi connectivity index (χ1) is 13.9. The van der Waals surface area contributed by atoms with E-state index in [1.807, 2.05) is 56.6 Å². The first-order valence-corrected chi connectivity index (χ1v) is 9.54. The Morgan fingerprint density at radius 1 is 1.10 bits per heavy atom. The van der Waals surface area contributed by atoms with Crippen LogP contribution in [-0.2, 0) is 0 Å². The van der Waals surface area contributed by atoms with Crippen LogP contribution in [0.1, 0.15) is 17.5 Å². The van der Waals surface area contributed by atoms with E-state index in [9.17, 15) is 0 Å². The third-order valence-corrected chi connectivity index (χ3v) is 4.85. The summed E-state index contributed by atoms with van der Waals surface area (Å²) in [5.74, 6) is 0.550. The number of nitrogens with one attached hydrogen (secondary N) is 2. The molecule has 0 spiro atoms. The van der Waals surface area contributed by atoms with E-state index in [1.165, 1.54) is 0 Å². The molecule has 0 aliphatic rings. The molecule has 3 aromatic carbocycles. The zero-order valence-corrected chi connectivity index (χ0v) is 17.3. The molecule has 0 amide bonds. The fourth-order valence-corrected chi connectivity index (χ4v) is 3.27. The van der Waals surface area contributed by atoms with E-state index in [1.54, 1.807) is 13.2 Å².